The molecule has 0 radical (unpaired) electrons. The SMILES string of the molecule is O=C(NCC1(O)CCOCC1)NC(Cc1ccccc1)C1CC1. The first kappa shape index (κ1) is 16.3. The second-order valence-corrected chi connectivity index (χ2v) is 6.80. The van der Waals surface area contributed by atoms with E-state index in [1.165, 1.54) is 18.4 Å². The molecule has 1 aliphatic heterocycles. The quantitative estimate of drug-likeness (QED) is 0.749. The maximum atomic E-state index is 12.2. The summed E-state index contributed by atoms with van der Waals surface area (Å²) in [5.41, 5.74) is 0.414. The minimum absolute atomic E-state index is 0.168. The zero-order valence-corrected chi connectivity index (χ0v) is 13.5. The molecule has 0 aromatic heterocycles. The van der Waals surface area contributed by atoms with Gasteiger partial charge in [-0.2, -0.15) is 0 Å². The van der Waals surface area contributed by atoms with Gasteiger partial charge < -0.3 is 20.5 Å². The van der Waals surface area contributed by atoms with Gasteiger partial charge in [-0.25, -0.2) is 4.79 Å². The molecule has 1 unspecified atom stereocenters. The fraction of sp³-hybridized carbons (Fsp3) is 0.611. The highest BCUT2D eigenvalue weighted by Gasteiger charge is 2.33. The van der Waals surface area contributed by atoms with E-state index in [4.69, 9.17) is 4.74 Å². The number of nitrogens with one attached hydrogen (secondary N) is 2. The molecule has 1 aromatic rings. The number of carbonyl (C=O) groups excluding carboxylic acids is 1. The van der Waals surface area contributed by atoms with Gasteiger partial charge in [0, 0.05) is 38.6 Å². The van der Waals surface area contributed by atoms with Crippen molar-refractivity contribution in [3.05, 3.63) is 35.9 Å². The van der Waals surface area contributed by atoms with Gasteiger partial charge in [-0.05, 0) is 30.7 Å². The second-order valence-electron chi connectivity index (χ2n) is 6.80. The molecule has 2 fully saturated rings. The van der Waals surface area contributed by atoms with E-state index in [1.807, 2.05) is 18.2 Å². The zero-order valence-electron chi connectivity index (χ0n) is 13.5. The van der Waals surface area contributed by atoms with E-state index >= 15 is 0 Å². The Morgan fingerprint density at radius 1 is 1.26 bits per heavy atom. The average Bonchev–Trinajstić information content (AvgIpc) is 3.39. The van der Waals surface area contributed by atoms with E-state index in [0.717, 1.165) is 6.42 Å². The number of hydrogen-bond donors (Lipinski definition) is 3. The Labute approximate surface area is 137 Å². The van der Waals surface area contributed by atoms with E-state index in [0.29, 0.717) is 32.0 Å². The smallest absolute Gasteiger partial charge is 0.315 e. The first-order valence-corrected chi connectivity index (χ1v) is 8.53. The van der Waals surface area contributed by atoms with Crippen molar-refractivity contribution in [1.29, 1.82) is 0 Å². The van der Waals surface area contributed by atoms with Crippen molar-refractivity contribution >= 4 is 6.03 Å². The van der Waals surface area contributed by atoms with Crippen LogP contribution in [0, 0.1) is 5.92 Å². The second kappa shape index (κ2) is 7.32. The summed E-state index contributed by atoms with van der Waals surface area (Å²) in [6, 6.07) is 10.2. The van der Waals surface area contributed by atoms with Gasteiger partial charge in [0.05, 0.1) is 5.60 Å². The molecule has 1 saturated carbocycles. The molecule has 5 heteroatoms. The maximum Gasteiger partial charge on any atom is 0.315 e. The third-order valence-corrected chi connectivity index (χ3v) is 4.81. The normalized spacial score (nSPS) is 21.4. The van der Waals surface area contributed by atoms with Gasteiger partial charge in [-0.15, -0.1) is 0 Å². The van der Waals surface area contributed by atoms with Gasteiger partial charge in [0.2, 0.25) is 0 Å². The van der Waals surface area contributed by atoms with E-state index < -0.39 is 5.60 Å². The zero-order chi connectivity index (χ0) is 16.1. The molecule has 126 valence electrons. The third kappa shape index (κ3) is 4.94. The van der Waals surface area contributed by atoms with Crippen molar-refractivity contribution < 1.29 is 14.6 Å². The number of ether oxygens (including phenoxy) is 1. The molecule has 3 N–H and O–H groups in total. The number of benzene rings is 1. The van der Waals surface area contributed by atoms with Crippen molar-refractivity contribution in [2.75, 3.05) is 19.8 Å². The lowest BCUT2D eigenvalue weighted by Gasteiger charge is -2.32. The summed E-state index contributed by atoms with van der Waals surface area (Å²) in [7, 11) is 0. The first-order chi connectivity index (χ1) is 11.1. The highest BCUT2D eigenvalue weighted by molar-refractivity contribution is 5.74. The number of rotatable bonds is 6. The summed E-state index contributed by atoms with van der Waals surface area (Å²) < 4.78 is 5.25. The summed E-state index contributed by atoms with van der Waals surface area (Å²) in [5.74, 6) is 0.576. The summed E-state index contributed by atoms with van der Waals surface area (Å²) in [5, 5.41) is 16.3. The van der Waals surface area contributed by atoms with Gasteiger partial charge in [0.15, 0.2) is 0 Å². The fourth-order valence-electron chi connectivity index (χ4n) is 3.09. The lowest BCUT2D eigenvalue weighted by Crippen LogP contribution is -2.51. The molecule has 1 atom stereocenters. The van der Waals surface area contributed by atoms with E-state index in [2.05, 4.69) is 22.8 Å². The molecule has 23 heavy (non-hydrogen) atoms. The minimum Gasteiger partial charge on any atom is -0.388 e. The monoisotopic (exact) mass is 318 g/mol. The Morgan fingerprint density at radius 3 is 2.61 bits per heavy atom. The van der Waals surface area contributed by atoms with E-state index in [9.17, 15) is 9.90 Å². The van der Waals surface area contributed by atoms with Gasteiger partial charge in [0.25, 0.3) is 0 Å². The molecule has 1 aromatic carbocycles. The van der Waals surface area contributed by atoms with Crippen molar-refractivity contribution in [2.45, 2.75) is 43.7 Å². The Balaban J connectivity index is 1.48. The minimum atomic E-state index is -0.829. The number of aliphatic hydroxyl groups is 1. The molecule has 1 aliphatic carbocycles. The highest BCUT2D eigenvalue weighted by atomic mass is 16.5. The van der Waals surface area contributed by atoms with Crippen LogP contribution in [0.1, 0.15) is 31.2 Å². The van der Waals surface area contributed by atoms with Crippen LogP contribution >= 0.6 is 0 Å². The van der Waals surface area contributed by atoms with Crippen LogP contribution in [0.4, 0.5) is 4.79 Å². The Morgan fingerprint density at radius 2 is 1.96 bits per heavy atom. The molecule has 5 nitrogen and oxygen atoms in total. The maximum absolute atomic E-state index is 12.2. The van der Waals surface area contributed by atoms with Gasteiger partial charge >= 0.3 is 6.03 Å². The number of hydrogen-bond acceptors (Lipinski definition) is 3. The van der Waals surface area contributed by atoms with Crippen LogP contribution in [0.3, 0.4) is 0 Å². The molecule has 2 amide bonds. The lowest BCUT2D eigenvalue weighted by molar-refractivity contribution is -0.0600. The van der Waals surface area contributed by atoms with Gasteiger partial charge in [0.1, 0.15) is 0 Å². The van der Waals surface area contributed by atoms with Crippen LogP contribution < -0.4 is 10.6 Å². The number of amides is 2. The standard InChI is InChI=1S/C18H26N2O3/c21-17(19-13-18(22)8-10-23-11-9-18)20-16(15-6-7-15)12-14-4-2-1-3-5-14/h1-5,15-16,22H,6-13H2,(H2,19,20,21). The fourth-order valence-corrected chi connectivity index (χ4v) is 3.09. The summed E-state index contributed by atoms with van der Waals surface area (Å²) in [4.78, 5) is 12.2. The van der Waals surface area contributed by atoms with Crippen molar-refractivity contribution in [2.24, 2.45) is 5.92 Å². The molecule has 0 spiro atoms. The van der Waals surface area contributed by atoms with Gasteiger partial charge in [-0.1, -0.05) is 30.3 Å². The Bertz CT molecular complexity index is 510. The van der Waals surface area contributed by atoms with Gasteiger partial charge in [-0.3, -0.25) is 0 Å². The summed E-state index contributed by atoms with van der Waals surface area (Å²) in [6.45, 7) is 1.39. The molecular formula is C18H26N2O3. The predicted molar refractivity (Wildman–Crippen MR) is 88.2 cm³/mol. The van der Waals surface area contributed by atoms with Crippen LogP contribution in [-0.4, -0.2) is 42.5 Å². The molecule has 2 aliphatic rings. The van der Waals surface area contributed by atoms with E-state index in [-0.39, 0.29) is 18.6 Å². The van der Waals surface area contributed by atoms with Crippen molar-refractivity contribution in [3.63, 3.8) is 0 Å². The third-order valence-electron chi connectivity index (χ3n) is 4.81. The number of carbonyl (C=O) groups is 1. The van der Waals surface area contributed by atoms with Crippen LogP contribution in [0.2, 0.25) is 0 Å². The Kier molecular flexibility index (Phi) is 5.18. The van der Waals surface area contributed by atoms with Crippen LogP contribution in [0.15, 0.2) is 30.3 Å². The van der Waals surface area contributed by atoms with E-state index in [1.54, 1.807) is 0 Å². The number of urea groups is 1. The summed E-state index contributed by atoms with van der Waals surface area (Å²) in [6.07, 6.45) is 4.36. The molecule has 3 rings (SSSR count). The summed E-state index contributed by atoms with van der Waals surface area (Å²) >= 11 is 0. The average molecular weight is 318 g/mol. The van der Waals surface area contributed by atoms with Crippen molar-refractivity contribution in [3.8, 4) is 0 Å². The topological polar surface area (TPSA) is 70.6 Å². The van der Waals surface area contributed by atoms with Crippen LogP contribution in [0.25, 0.3) is 0 Å². The molecule has 0 bridgehead atoms. The van der Waals surface area contributed by atoms with Crippen LogP contribution in [-0.2, 0) is 11.2 Å². The predicted octanol–water partition coefficient (Wildman–Crippen LogP) is 1.85. The Hall–Kier alpha value is -1.59. The first-order valence-electron chi connectivity index (χ1n) is 8.53. The lowest BCUT2D eigenvalue weighted by atomic mass is 9.94. The largest absolute Gasteiger partial charge is 0.388 e. The molecular weight excluding hydrogens is 292 g/mol. The van der Waals surface area contributed by atoms with Crippen molar-refractivity contribution in [1.82, 2.24) is 10.6 Å². The highest BCUT2D eigenvalue weighted by Crippen LogP contribution is 2.34. The molecule has 1 saturated heterocycles. The van der Waals surface area contributed by atoms with Crippen LogP contribution in [0.5, 0.6) is 0 Å². The molecule has 1 heterocycles.